The predicted molar refractivity (Wildman–Crippen MR) is 54.7 cm³/mol. The average Bonchev–Trinajstić information content (AvgIpc) is 2.20. The Morgan fingerprint density at radius 3 is 2.71 bits per heavy atom. The van der Waals surface area contributed by atoms with Gasteiger partial charge in [0.05, 0.1) is 6.61 Å². The van der Waals surface area contributed by atoms with Crippen molar-refractivity contribution in [3.05, 3.63) is 30.3 Å². The van der Waals surface area contributed by atoms with Gasteiger partial charge in [-0.1, -0.05) is 18.2 Å². The van der Waals surface area contributed by atoms with Gasteiger partial charge >= 0.3 is 5.97 Å². The van der Waals surface area contributed by atoms with Crippen LogP contribution in [0.2, 0.25) is 0 Å². The summed E-state index contributed by atoms with van der Waals surface area (Å²) >= 11 is 0. The van der Waals surface area contributed by atoms with E-state index in [0.717, 1.165) is 5.69 Å². The third-order valence-corrected chi connectivity index (χ3v) is 1.54. The number of esters is 1. The zero-order valence-corrected chi connectivity index (χ0v) is 8.12. The fourth-order valence-electron chi connectivity index (χ4n) is 0.952. The average molecular weight is 194 g/mol. The van der Waals surface area contributed by atoms with Crippen LogP contribution >= 0.6 is 0 Å². The predicted octanol–water partition coefficient (Wildman–Crippen LogP) is 1.17. The van der Waals surface area contributed by atoms with Crippen molar-refractivity contribution in [2.75, 3.05) is 18.6 Å². The molecular formula is C10H14N2O2. The quantitative estimate of drug-likeness (QED) is 0.545. The van der Waals surface area contributed by atoms with Gasteiger partial charge < -0.3 is 10.2 Å². The molecule has 0 radical (unpaired) electrons. The largest absolute Gasteiger partial charge is 0.465 e. The lowest BCUT2D eigenvalue weighted by Gasteiger charge is -2.07. The van der Waals surface area contributed by atoms with E-state index < -0.39 is 0 Å². The molecule has 4 nitrogen and oxygen atoms in total. The van der Waals surface area contributed by atoms with Gasteiger partial charge in [-0.25, -0.2) is 5.43 Å². The van der Waals surface area contributed by atoms with Crippen LogP contribution in [0.4, 0.5) is 5.69 Å². The third-order valence-electron chi connectivity index (χ3n) is 1.54. The smallest absolute Gasteiger partial charge is 0.321 e. The maximum Gasteiger partial charge on any atom is 0.321 e. The Kier molecular flexibility index (Phi) is 4.50. The van der Waals surface area contributed by atoms with E-state index in [-0.39, 0.29) is 12.5 Å². The number of benzene rings is 1. The van der Waals surface area contributed by atoms with Crippen LogP contribution in [0, 0.1) is 0 Å². The van der Waals surface area contributed by atoms with Crippen LogP contribution < -0.4 is 10.9 Å². The normalized spacial score (nSPS) is 9.50. The Hall–Kier alpha value is -1.55. The Labute approximate surface area is 83.2 Å². The van der Waals surface area contributed by atoms with E-state index in [1.807, 2.05) is 30.3 Å². The maximum atomic E-state index is 10.9. The van der Waals surface area contributed by atoms with E-state index in [2.05, 4.69) is 10.9 Å². The summed E-state index contributed by atoms with van der Waals surface area (Å²) in [5.74, 6) is -0.268. The van der Waals surface area contributed by atoms with E-state index >= 15 is 0 Å². The standard InChI is InChI=1S/C10H14N2O2/c1-2-14-10(13)8-11-12-9-6-4-3-5-7-9/h3-7,11-12H,2,8H2,1H3. The number of nitrogens with one attached hydrogen (secondary N) is 2. The fourth-order valence-corrected chi connectivity index (χ4v) is 0.952. The topological polar surface area (TPSA) is 50.4 Å². The van der Waals surface area contributed by atoms with Gasteiger partial charge in [0.1, 0.15) is 6.54 Å². The van der Waals surface area contributed by atoms with Crippen LogP contribution in [0.5, 0.6) is 0 Å². The first kappa shape index (κ1) is 10.5. The molecule has 14 heavy (non-hydrogen) atoms. The highest BCUT2D eigenvalue weighted by molar-refractivity contribution is 5.71. The molecule has 1 aromatic rings. The molecule has 0 saturated heterocycles. The Bertz CT molecular complexity index is 275. The third kappa shape index (κ3) is 3.91. The maximum absolute atomic E-state index is 10.9. The van der Waals surface area contributed by atoms with Crippen LogP contribution in [-0.2, 0) is 9.53 Å². The highest BCUT2D eigenvalue weighted by Gasteiger charge is 1.98. The van der Waals surface area contributed by atoms with Gasteiger partial charge in [-0.15, -0.1) is 0 Å². The summed E-state index contributed by atoms with van der Waals surface area (Å²) in [6.07, 6.45) is 0. The number of ether oxygens (including phenoxy) is 1. The SMILES string of the molecule is CCOC(=O)CNNc1ccccc1. The highest BCUT2D eigenvalue weighted by Crippen LogP contribution is 2.01. The van der Waals surface area contributed by atoms with E-state index in [9.17, 15) is 4.79 Å². The van der Waals surface area contributed by atoms with Crippen molar-refractivity contribution in [3.8, 4) is 0 Å². The number of hydrogen-bond donors (Lipinski definition) is 2. The Balaban J connectivity index is 2.19. The first-order valence-corrected chi connectivity index (χ1v) is 4.52. The molecule has 1 rings (SSSR count). The fraction of sp³-hybridized carbons (Fsp3) is 0.300. The molecule has 0 aliphatic heterocycles. The van der Waals surface area contributed by atoms with Crippen molar-refractivity contribution in [1.29, 1.82) is 0 Å². The Morgan fingerprint density at radius 1 is 1.36 bits per heavy atom. The minimum absolute atomic E-state index is 0.155. The molecule has 0 bridgehead atoms. The second-order valence-corrected chi connectivity index (χ2v) is 2.65. The van der Waals surface area contributed by atoms with Gasteiger partial charge in [0.15, 0.2) is 0 Å². The molecule has 0 atom stereocenters. The van der Waals surface area contributed by atoms with E-state index in [4.69, 9.17) is 4.74 Å². The van der Waals surface area contributed by atoms with Gasteiger partial charge in [0.2, 0.25) is 0 Å². The lowest BCUT2D eigenvalue weighted by Crippen LogP contribution is -2.29. The van der Waals surface area contributed by atoms with Gasteiger partial charge in [-0.2, -0.15) is 0 Å². The number of rotatable bonds is 5. The van der Waals surface area contributed by atoms with Crippen LogP contribution in [0.3, 0.4) is 0 Å². The van der Waals surface area contributed by atoms with Crippen molar-refractivity contribution in [1.82, 2.24) is 5.43 Å². The number of anilines is 1. The summed E-state index contributed by atoms with van der Waals surface area (Å²) in [5, 5.41) is 0. The molecule has 0 fully saturated rings. The second kappa shape index (κ2) is 5.99. The van der Waals surface area contributed by atoms with Gasteiger partial charge in [0.25, 0.3) is 0 Å². The van der Waals surface area contributed by atoms with Crippen molar-refractivity contribution >= 4 is 11.7 Å². The summed E-state index contributed by atoms with van der Waals surface area (Å²) in [6, 6.07) is 9.55. The first-order chi connectivity index (χ1) is 6.83. The van der Waals surface area contributed by atoms with Crippen LogP contribution in [-0.4, -0.2) is 19.1 Å². The molecule has 76 valence electrons. The van der Waals surface area contributed by atoms with Crippen LogP contribution in [0.25, 0.3) is 0 Å². The molecule has 0 unspecified atom stereocenters. The molecule has 0 spiro atoms. The zero-order valence-electron chi connectivity index (χ0n) is 8.12. The lowest BCUT2D eigenvalue weighted by atomic mass is 10.3. The number of para-hydroxylation sites is 1. The van der Waals surface area contributed by atoms with Crippen molar-refractivity contribution < 1.29 is 9.53 Å². The number of carbonyl (C=O) groups is 1. The molecule has 2 N–H and O–H groups in total. The summed E-state index contributed by atoms with van der Waals surface area (Å²) in [7, 11) is 0. The molecule has 1 aromatic carbocycles. The Morgan fingerprint density at radius 2 is 2.07 bits per heavy atom. The number of carbonyl (C=O) groups excluding carboxylic acids is 1. The van der Waals surface area contributed by atoms with Gasteiger partial charge in [-0.05, 0) is 19.1 Å². The summed E-state index contributed by atoms with van der Waals surface area (Å²) in [4.78, 5) is 10.9. The molecule has 0 heterocycles. The van der Waals surface area contributed by atoms with E-state index in [1.165, 1.54) is 0 Å². The summed E-state index contributed by atoms with van der Waals surface area (Å²) < 4.78 is 4.74. The molecule has 0 aliphatic rings. The molecule has 0 aromatic heterocycles. The molecular weight excluding hydrogens is 180 g/mol. The molecule has 0 aliphatic carbocycles. The summed E-state index contributed by atoms with van der Waals surface area (Å²) in [5.41, 5.74) is 6.56. The molecule has 4 heteroatoms. The molecule has 0 amide bonds. The lowest BCUT2D eigenvalue weighted by molar-refractivity contribution is -0.141. The summed E-state index contributed by atoms with van der Waals surface area (Å²) in [6.45, 7) is 2.34. The minimum atomic E-state index is -0.268. The van der Waals surface area contributed by atoms with Gasteiger partial charge in [-0.3, -0.25) is 4.79 Å². The van der Waals surface area contributed by atoms with Crippen LogP contribution in [0.1, 0.15) is 6.92 Å². The molecule has 0 saturated carbocycles. The van der Waals surface area contributed by atoms with Crippen LogP contribution in [0.15, 0.2) is 30.3 Å². The number of hydrogen-bond acceptors (Lipinski definition) is 4. The monoisotopic (exact) mass is 194 g/mol. The van der Waals surface area contributed by atoms with Crippen molar-refractivity contribution in [3.63, 3.8) is 0 Å². The first-order valence-electron chi connectivity index (χ1n) is 4.52. The van der Waals surface area contributed by atoms with E-state index in [0.29, 0.717) is 6.61 Å². The second-order valence-electron chi connectivity index (χ2n) is 2.65. The van der Waals surface area contributed by atoms with Crippen molar-refractivity contribution in [2.45, 2.75) is 6.92 Å². The minimum Gasteiger partial charge on any atom is -0.465 e. The van der Waals surface area contributed by atoms with E-state index in [1.54, 1.807) is 6.92 Å². The number of hydrazine groups is 1. The van der Waals surface area contributed by atoms with Crippen molar-refractivity contribution in [2.24, 2.45) is 0 Å². The van der Waals surface area contributed by atoms with Gasteiger partial charge in [0, 0.05) is 5.69 Å². The zero-order chi connectivity index (χ0) is 10.2. The highest BCUT2D eigenvalue weighted by atomic mass is 16.5.